The Bertz CT molecular complexity index is 712. The molecule has 0 aromatic heterocycles. The Balaban J connectivity index is 1.89. The van der Waals surface area contributed by atoms with Gasteiger partial charge in [0.2, 0.25) is 0 Å². The highest BCUT2D eigenvalue weighted by Crippen LogP contribution is 2.27. The molecule has 2 atom stereocenters. The number of esters is 1. The number of carbonyl (C=O) groups excluding carboxylic acids is 1. The SMILES string of the molecule is CCCCCCSc1ccc(-c2ccc(OC(=O)C(Cl)C(C)CC)cc2)cc1. The van der Waals surface area contributed by atoms with Gasteiger partial charge in [0.1, 0.15) is 11.1 Å². The molecule has 0 bridgehead atoms. The summed E-state index contributed by atoms with van der Waals surface area (Å²) in [7, 11) is 0. The van der Waals surface area contributed by atoms with Crippen LogP contribution in [0.5, 0.6) is 5.75 Å². The van der Waals surface area contributed by atoms with Crippen LogP contribution in [0, 0.1) is 5.92 Å². The van der Waals surface area contributed by atoms with Gasteiger partial charge in [-0.05, 0) is 53.5 Å². The lowest BCUT2D eigenvalue weighted by Gasteiger charge is -2.15. The van der Waals surface area contributed by atoms with Gasteiger partial charge in [-0.25, -0.2) is 0 Å². The summed E-state index contributed by atoms with van der Waals surface area (Å²) >= 11 is 8.08. The van der Waals surface area contributed by atoms with Crippen LogP contribution in [0.2, 0.25) is 0 Å². The summed E-state index contributed by atoms with van der Waals surface area (Å²) in [4.78, 5) is 13.4. The number of ether oxygens (including phenoxy) is 1. The molecule has 0 heterocycles. The van der Waals surface area contributed by atoms with Gasteiger partial charge in [-0.3, -0.25) is 4.79 Å². The number of thioether (sulfide) groups is 1. The van der Waals surface area contributed by atoms with Crippen molar-refractivity contribution in [2.45, 2.75) is 63.1 Å². The molecule has 0 saturated carbocycles. The molecule has 0 amide bonds. The third-order valence-corrected chi connectivity index (χ3v) is 6.60. The van der Waals surface area contributed by atoms with Crippen LogP contribution in [0.4, 0.5) is 0 Å². The number of hydrogen-bond acceptors (Lipinski definition) is 3. The third kappa shape index (κ3) is 7.18. The highest BCUT2D eigenvalue weighted by Gasteiger charge is 2.23. The average molecular weight is 419 g/mol. The number of rotatable bonds is 11. The Labute approximate surface area is 179 Å². The van der Waals surface area contributed by atoms with Crippen LogP contribution < -0.4 is 4.74 Å². The van der Waals surface area contributed by atoms with E-state index in [1.807, 2.05) is 49.9 Å². The molecule has 0 saturated heterocycles. The molecule has 0 spiro atoms. The first kappa shape index (κ1) is 22.8. The van der Waals surface area contributed by atoms with E-state index in [1.165, 1.54) is 36.3 Å². The summed E-state index contributed by atoms with van der Waals surface area (Å²) in [6, 6.07) is 16.2. The molecule has 2 nitrogen and oxygen atoms in total. The fraction of sp³-hybridized carbons (Fsp3) is 0.458. The molecular weight excluding hydrogens is 388 g/mol. The van der Waals surface area contributed by atoms with E-state index in [2.05, 4.69) is 31.2 Å². The van der Waals surface area contributed by atoms with Crippen LogP contribution in [0.3, 0.4) is 0 Å². The molecule has 2 unspecified atom stereocenters. The van der Waals surface area contributed by atoms with Crippen LogP contribution in [0.1, 0.15) is 52.9 Å². The van der Waals surface area contributed by atoms with Gasteiger partial charge in [0.05, 0.1) is 0 Å². The molecule has 0 aliphatic rings. The Kier molecular flexibility index (Phi) is 9.94. The first-order chi connectivity index (χ1) is 13.5. The lowest BCUT2D eigenvalue weighted by molar-refractivity contribution is -0.134. The summed E-state index contributed by atoms with van der Waals surface area (Å²) < 4.78 is 5.41. The van der Waals surface area contributed by atoms with Crippen molar-refractivity contribution in [3.63, 3.8) is 0 Å². The zero-order valence-electron chi connectivity index (χ0n) is 17.1. The summed E-state index contributed by atoms with van der Waals surface area (Å²) in [5.74, 6) is 1.42. The Hall–Kier alpha value is -1.45. The van der Waals surface area contributed by atoms with Gasteiger partial charge in [0.15, 0.2) is 0 Å². The predicted molar refractivity (Wildman–Crippen MR) is 121 cm³/mol. The van der Waals surface area contributed by atoms with Crippen LogP contribution in [0.15, 0.2) is 53.4 Å². The van der Waals surface area contributed by atoms with Gasteiger partial charge in [0, 0.05) is 4.90 Å². The first-order valence-corrected chi connectivity index (χ1v) is 11.7. The van der Waals surface area contributed by atoms with Crippen LogP contribution in [0.25, 0.3) is 11.1 Å². The van der Waals surface area contributed by atoms with Crippen molar-refractivity contribution < 1.29 is 9.53 Å². The van der Waals surface area contributed by atoms with Crippen molar-refractivity contribution in [2.75, 3.05) is 5.75 Å². The fourth-order valence-corrected chi connectivity index (χ4v) is 3.93. The molecular formula is C24H31ClO2S. The van der Waals surface area contributed by atoms with E-state index in [0.717, 1.165) is 17.5 Å². The van der Waals surface area contributed by atoms with E-state index >= 15 is 0 Å². The maximum Gasteiger partial charge on any atom is 0.329 e. The molecule has 2 aromatic carbocycles. The monoisotopic (exact) mass is 418 g/mol. The summed E-state index contributed by atoms with van der Waals surface area (Å²) in [5, 5.41) is -0.614. The van der Waals surface area contributed by atoms with Crippen molar-refractivity contribution in [3.05, 3.63) is 48.5 Å². The molecule has 0 radical (unpaired) electrons. The zero-order chi connectivity index (χ0) is 20.4. The Morgan fingerprint density at radius 1 is 0.964 bits per heavy atom. The number of halogens is 1. The largest absolute Gasteiger partial charge is 0.425 e. The van der Waals surface area contributed by atoms with Crippen molar-refractivity contribution in [2.24, 2.45) is 5.92 Å². The maximum atomic E-state index is 12.1. The standard InChI is InChI=1S/C24H31ClO2S/c1-4-6-7-8-17-28-22-15-11-20(12-16-22)19-9-13-21(14-10-19)27-24(26)23(25)18(3)5-2/h9-16,18,23H,4-8,17H2,1-3H3. The third-order valence-electron chi connectivity index (χ3n) is 4.90. The summed E-state index contributed by atoms with van der Waals surface area (Å²) in [6.07, 6.45) is 6.05. The number of hydrogen-bond donors (Lipinski definition) is 0. The van der Waals surface area contributed by atoms with Crippen LogP contribution in [-0.2, 0) is 4.79 Å². The number of unbranched alkanes of at least 4 members (excludes halogenated alkanes) is 3. The smallest absolute Gasteiger partial charge is 0.329 e. The fourth-order valence-electron chi connectivity index (χ4n) is 2.79. The van der Waals surface area contributed by atoms with E-state index in [9.17, 15) is 4.79 Å². The second-order valence-electron chi connectivity index (χ2n) is 7.17. The second kappa shape index (κ2) is 12.2. The van der Waals surface area contributed by atoms with Gasteiger partial charge >= 0.3 is 5.97 Å². The Morgan fingerprint density at radius 2 is 1.57 bits per heavy atom. The zero-order valence-corrected chi connectivity index (χ0v) is 18.7. The molecule has 2 aromatic rings. The minimum absolute atomic E-state index is 0.0940. The number of benzene rings is 2. The molecule has 2 rings (SSSR count). The topological polar surface area (TPSA) is 26.3 Å². The molecule has 0 aliphatic carbocycles. The maximum absolute atomic E-state index is 12.1. The van der Waals surface area contributed by atoms with Gasteiger partial charge in [-0.1, -0.05) is 70.7 Å². The van der Waals surface area contributed by atoms with Crippen LogP contribution in [-0.4, -0.2) is 17.1 Å². The molecule has 28 heavy (non-hydrogen) atoms. The normalized spacial score (nSPS) is 13.1. The van der Waals surface area contributed by atoms with Crippen molar-refractivity contribution >= 4 is 29.3 Å². The van der Waals surface area contributed by atoms with Gasteiger partial charge in [-0.2, -0.15) is 0 Å². The highest BCUT2D eigenvalue weighted by atomic mass is 35.5. The summed E-state index contributed by atoms with van der Waals surface area (Å²) in [6.45, 7) is 6.21. The van der Waals surface area contributed by atoms with Crippen molar-refractivity contribution in [1.29, 1.82) is 0 Å². The van der Waals surface area contributed by atoms with Crippen molar-refractivity contribution in [3.8, 4) is 16.9 Å². The first-order valence-electron chi connectivity index (χ1n) is 10.2. The van der Waals surface area contributed by atoms with E-state index < -0.39 is 5.38 Å². The quantitative estimate of drug-likeness (QED) is 0.124. The Morgan fingerprint density at radius 3 is 2.14 bits per heavy atom. The lowest BCUT2D eigenvalue weighted by Crippen LogP contribution is -2.26. The van der Waals surface area contributed by atoms with Gasteiger partial charge in [0.25, 0.3) is 0 Å². The minimum atomic E-state index is -0.614. The van der Waals surface area contributed by atoms with Crippen molar-refractivity contribution in [1.82, 2.24) is 0 Å². The van der Waals surface area contributed by atoms with Crippen LogP contribution >= 0.6 is 23.4 Å². The highest BCUT2D eigenvalue weighted by molar-refractivity contribution is 7.99. The van der Waals surface area contributed by atoms with E-state index in [-0.39, 0.29) is 11.9 Å². The molecule has 0 fully saturated rings. The molecule has 0 N–H and O–H groups in total. The molecule has 152 valence electrons. The van der Waals surface area contributed by atoms with Gasteiger partial charge < -0.3 is 4.74 Å². The lowest BCUT2D eigenvalue weighted by atomic mass is 10.0. The molecule has 4 heteroatoms. The number of carbonyl (C=O) groups is 1. The van der Waals surface area contributed by atoms with Gasteiger partial charge in [-0.15, -0.1) is 23.4 Å². The second-order valence-corrected chi connectivity index (χ2v) is 8.80. The van der Waals surface area contributed by atoms with E-state index in [1.54, 1.807) is 0 Å². The minimum Gasteiger partial charge on any atom is -0.425 e. The average Bonchev–Trinajstić information content (AvgIpc) is 2.73. The van der Waals surface area contributed by atoms with E-state index in [4.69, 9.17) is 16.3 Å². The number of alkyl halides is 1. The summed E-state index contributed by atoms with van der Waals surface area (Å²) in [5.41, 5.74) is 2.26. The van der Waals surface area contributed by atoms with E-state index in [0.29, 0.717) is 5.75 Å². The predicted octanol–water partition coefficient (Wildman–Crippen LogP) is 7.58. The molecule has 0 aliphatic heterocycles.